The number of nitrogens with zero attached hydrogens (tertiary/aromatic N) is 2. The van der Waals surface area contributed by atoms with E-state index in [9.17, 15) is 18.0 Å². The Hall–Kier alpha value is -3.21. The Morgan fingerprint density at radius 3 is 2.50 bits per heavy atom. The molecule has 5 N–H and O–H groups in total. The van der Waals surface area contributed by atoms with Gasteiger partial charge in [-0.25, -0.2) is 13.5 Å². The Balaban J connectivity index is 2.48. The molecule has 0 radical (unpaired) electrons. The predicted octanol–water partition coefficient (Wildman–Crippen LogP) is -0.621. The first kappa shape index (κ1) is 17.1. The van der Waals surface area contributed by atoms with Crippen molar-refractivity contribution in [3.63, 3.8) is 0 Å². The standard InChI is InChI=1S/C13H13N5O5S/c1-24(21,22)9-6-7(12(20)16-13(14)15)2-3-8(9)23-11-5-4-10(19)17-18-11/h2-6H,1H3,(H,17,19)(H4,14,15,16,20). The zero-order valence-corrected chi connectivity index (χ0v) is 13.2. The smallest absolute Gasteiger partial charge is 0.280 e. The van der Waals surface area contributed by atoms with E-state index in [1.807, 2.05) is 0 Å². The number of benzene rings is 1. The number of hydrogen-bond donors (Lipinski definition) is 3. The van der Waals surface area contributed by atoms with Gasteiger partial charge in [0.05, 0.1) is 0 Å². The molecule has 0 fully saturated rings. The maximum atomic E-state index is 11.9. The molecule has 1 aromatic heterocycles. The van der Waals surface area contributed by atoms with Crippen LogP contribution in [0.5, 0.6) is 11.6 Å². The summed E-state index contributed by atoms with van der Waals surface area (Å²) in [7, 11) is -3.73. The Kier molecular flexibility index (Phi) is 4.64. The van der Waals surface area contributed by atoms with Crippen molar-refractivity contribution in [1.29, 1.82) is 0 Å². The minimum atomic E-state index is -3.73. The molecule has 0 aliphatic heterocycles. The van der Waals surface area contributed by atoms with Crippen LogP contribution in [0.25, 0.3) is 0 Å². The number of H-pyrrole nitrogens is 1. The number of nitrogens with one attached hydrogen (secondary N) is 1. The van der Waals surface area contributed by atoms with Gasteiger partial charge in [-0.1, -0.05) is 0 Å². The highest BCUT2D eigenvalue weighted by Gasteiger charge is 2.19. The second kappa shape index (κ2) is 6.50. The molecule has 126 valence electrons. The molecule has 0 saturated heterocycles. The van der Waals surface area contributed by atoms with Gasteiger partial charge in [0.1, 0.15) is 10.6 Å². The number of carbonyl (C=O) groups is 1. The third kappa shape index (κ3) is 4.16. The van der Waals surface area contributed by atoms with E-state index in [1.165, 1.54) is 24.3 Å². The molecule has 0 aliphatic rings. The molecule has 0 aliphatic carbocycles. The molecule has 24 heavy (non-hydrogen) atoms. The number of aliphatic imine (C=N–C) groups is 1. The monoisotopic (exact) mass is 351 g/mol. The fourth-order valence-corrected chi connectivity index (χ4v) is 2.51. The van der Waals surface area contributed by atoms with Gasteiger partial charge < -0.3 is 16.2 Å². The van der Waals surface area contributed by atoms with E-state index in [4.69, 9.17) is 16.2 Å². The Labute approximate surface area is 136 Å². The fourth-order valence-electron chi connectivity index (χ4n) is 1.70. The zero-order chi connectivity index (χ0) is 17.9. The van der Waals surface area contributed by atoms with Crippen LogP contribution >= 0.6 is 0 Å². The number of ether oxygens (including phenoxy) is 1. The van der Waals surface area contributed by atoms with Crippen molar-refractivity contribution in [1.82, 2.24) is 10.2 Å². The minimum Gasteiger partial charge on any atom is -0.436 e. The van der Waals surface area contributed by atoms with E-state index < -0.39 is 27.3 Å². The normalized spacial score (nSPS) is 10.9. The summed E-state index contributed by atoms with van der Waals surface area (Å²) in [6, 6.07) is 6.08. The third-order valence-corrected chi connectivity index (χ3v) is 3.81. The van der Waals surface area contributed by atoms with Crippen molar-refractivity contribution in [2.24, 2.45) is 16.5 Å². The lowest BCUT2D eigenvalue weighted by atomic mass is 10.2. The quantitative estimate of drug-likeness (QED) is 0.483. The van der Waals surface area contributed by atoms with Gasteiger partial charge in [0.2, 0.25) is 5.88 Å². The Bertz CT molecular complexity index is 956. The third-order valence-electron chi connectivity index (χ3n) is 2.69. The first-order chi connectivity index (χ1) is 11.2. The van der Waals surface area contributed by atoms with Crippen molar-refractivity contribution in [2.45, 2.75) is 4.90 Å². The average Bonchev–Trinajstić information content (AvgIpc) is 2.48. The van der Waals surface area contributed by atoms with Crippen LogP contribution in [-0.2, 0) is 9.84 Å². The number of rotatable bonds is 4. The lowest BCUT2D eigenvalue weighted by Gasteiger charge is -2.10. The summed E-state index contributed by atoms with van der Waals surface area (Å²) in [6.07, 6.45) is 0.949. The number of hydrogen-bond acceptors (Lipinski definition) is 6. The molecule has 2 aromatic rings. The molecule has 0 spiro atoms. The average molecular weight is 351 g/mol. The number of nitrogens with two attached hydrogens (primary N) is 2. The topological polar surface area (TPSA) is 171 Å². The van der Waals surface area contributed by atoms with Crippen LogP contribution in [0.3, 0.4) is 0 Å². The molecule has 1 aromatic carbocycles. The van der Waals surface area contributed by atoms with E-state index in [0.29, 0.717) is 0 Å². The molecule has 2 rings (SSSR count). The van der Waals surface area contributed by atoms with Crippen molar-refractivity contribution in [3.8, 4) is 11.6 Å². The number of carbonyl (C=O) groups excluding carboxylic acids is 1. The lowest BCUT2D eigenvalue weighted by Crippen LogP contribution is -2.24. The van der Waals surface area contributed by atoms with E-state index in [1.54, 1.807) is 0 Å². The molecule has 0 saturated carbocycles. The number of sulfone groups is 1. The van der Waals surface area contributed by atoms with Gasteiger partial charge >= 0.3 is 0 Å². The van der Waals surface area contributed by atoms with Gasteiger partial charge in [-0.15, -0.1) is 5.10 Å². The van der Waals surface area contributed by atoms with Crippen molar-refractivity contribution < 1.29 is 17.9 Å². The number of amides is 1. The van der Waals surface area contributed by atoms with Crippen LogP contribution in [0.4, 0.5) is 0 Å². The first-order valence-electron chi connectivity index (χ1n) is 6.38. The lowest BCUT2D eigenvalue weighted by molar-refractivity contribution is 0.100. The first-order valence-corrected chi connectivity index (χ1v) is 8.27. The Morgan fingerprint density at radius 2 is 1.96 bits per heavy atom. The van der Waals surface area contributed by atoms with Gasteiger partial charge in [-0.2, -0.15) is 4.99 Å². The SMILES string of the molecule is CS(=O)(=O)c1cc(C(=O)N=C(N)N)ccc1Oc1ccc(=O)[nH]n1. The second-order valence-electron chi connectivity index (χ2n) is 4.64. The number of guanidine groups is 1. The fraction of sp³-hybridized carbons (Fsp3) is 0.0769. The maximum Gasteiger partial charge on any atom is 0.280 e. The largest absolute Gasteiger partial charge is 0.436 e. The molecule has 1 amide bonds. The second-order valence-corrected chi connectivity index (χ2v) is 6.62. The van der Waals surface area contributed by atoms with Crippen molar-refractivity contribution >= 4 is 21.7 Å². The van der Waals surface area contributed by atoms with Gasteiger partial charge in [0.25, 0.3) is 11.5 Å². The highest BCUT2D eigenvalue weighted by Crippen LogP contribution is 2.28. The van der Waals surface area contributed by atoms with Gasteiger partial charge in [-0.05, 0) is 18.2 Å². The summed E-state index contributed by atoms with van der Waals surface area (Å²) in [6.45, 7) is 0. The van der Waals surface area contributed by atoms with Crippen LogP contribution in [0.2, 0.25) is 0 Å². The maximum absolute atomic E-state index is 11.9. The highest BCUT2D eigenvalue weighted by molar-refractivity contribution is 7.90. The van der Waals surface area contributed by atoms with E-state index in [2.05, 4.69) is 15.2 Å². The zero-order valence-electron chi connectivity index (χ0n) is 12.4. The number of aromatic amines is 1. The summed E-state index contributed by atoms with van der Waals surface area (Å²) < 4.78 is 29.2. The van der Waals surface area contributed by atoms with Crippen molar-refractivity contribution in [3.05, 3.63) is 46.2 Å². The van der Waals surface area contributed by atoms with Gasteiger partial charge in [0, 0.05) is 24.0 Å². The van der Waals surface area contributed by atoms with Crippen LogP contribution < -0.4 is 21.8 Å². The molecule has 0 unspecified atom stereocenters. The van der Waals surface area contributed by atoms with Crippen molar-refractivity contribution in [2.75, 3.05) is 6.26 Å². The summed E-state index contributed by atoms with van der Waals surface area (Å²) in [5, 5.41) is 5.77. The summed E-state index contributed by atoms with van der Waals surface area (Å²) in [5.41, 5.74) is 9.77. The number of aromatic nitrogens is 2. The van der Waals surface area contributed by atoms with Crippen LogP contribution in [-0.4, -0.2) is 36.7 Å². The van der Waals surface area contributed by atoms with Gasteiger partial charge in [-0.3, -0.25) is 9.59 Å². The summed E-state index contributed by atoms with van der Waals surface area (Å²) >= 11 is 0. The van der Waals surface area contributed by atoms with Crippen LogP contribution in [0.15, 0.2) is 45.0 Å². The minimum absolute atomic E-state index is 0.0252. The molecular formula is C13H13N5O5S. The van der Waals surface area contributed by atoms with Crippen LogP contribution in [0.1, 0.15) is 10.4 Å². The van der Waals surface area contributed by atoms with E-state index in [-0.39, 0.29) is 22.1 Å². The van der Waals surface area contributed by atoms with Crippen LogP contribution in [0, 0.1) is 0 Å². The molecule has 0 atom stereocenters. The summed E-state index contributed by atoms with van der Waals surface area (Å²) in [4.78, 5) is 25.9. The van der Waals surface area contributed by atoms with E-state index >= 15 is 0 Å². The molecule has 10 nitrogen and oxygen atoms in total. The van der Waals surface area contributed by atoms with E-state index in [0.717, 1.165) is 12.3 Å². The summed E-state index contributed by atoms with van der Waals surface area (Å²) in [5.74, 6) is -1.34. The molecule has 11 heteroatoms. The molecular weight excluding hydrogens is 338 g/mol. The molecule has 1 heterocycles. The Morgan fingerprint density at radius 1 is 1.25 bits per heavy atom. The predicted molar refractivity (Wildman–Crippen MR) is 84.6 cm³/mol. The highest BCUT2D eigenvalue weighted by atomic mass is 32.2. The van der Waals surface area contributed by atoms with Gasteiger partial charge in [0.15, 0.2) is 15.8 Å². The molecule has 0 bridgehead atoms.